The molecule has 0 radical (unpaired) electrons. The van der Waals surface area contributed by atoms with Crippen LogP contribution < -0.4 is 9.47 Å². The van der Waals surface area contributed by atoms with Crippen molar-refractivity contribution in [1.82, 2.24) is 0 Å². The molecule has 48 heavy (non-hydrogen) atoms. The van der Waals surface area contributed by atoms with Gasteiger partial charge in [-0.25, -0.2) is 0 Å². The summed E-state index contributed by atoms with van der Waals surface area (Å²) >= 11 is 0. The summed E-state index contributed by atoms with van der Waals surface area (Å²) < 4.78 is 13.2. The summed E-state index contributed by atoms with van der Waals surface area (Å²) in [6.45, 7) is 19.0. The molecular formula is C44H56O4. The second kappa shape index (κ2) is 14.7. The first-order valence-electron chi connectivity index (χ1n) is 18.0. The molecule has 0 heterocycles. The van der Waals surface area contributed by atoms with Gasteiger partial charge in [0.1, 0.15) is 23.0 Å². The summed E-state index contributed by atoms with van der Waals surface area (Å²) in [5.41, 5.74) is 9.93. The van der Waals surface area contributed by atoms with Crippen LogP contribution in [-0.2, 0) is 36.5 Å². The lowest BCUT2D eigenvalue weighted by Gasteiger charge is -2.26. The lowest BCUT2D eigenvalue weighted by atomic mass is 9.81. The van der Waals surface area contributed by atoms with Gasteiger partial charge in [0.25, 0.3) is 0 Å². The average Bonchev–Trinajstić information content (AvgIpc) is 3.01. The summed E-state index contributed by atoms with van der Waals surface area (Å²) in [6, 6.07) is 21.3. The quantitative estimate of drug-likeness (QED) is 0.164. The van der Waals surface area contributed by atoms with Gasteiger partial charge < -0.3 is 19.7 Å². The van der Waals surface area contributed by atoms with Crippen LogP contribution in [-0.4, -0.2) is 23.4 Å². The minimum Gasteiger partial charge on any atom is -0.507 e. The molecule has 0 saturated heterocycles. The number of phenols is 2. The van der Waals surface area contributed by atoms with Gasteiger partial charge in [0.05, 0.1) is 13.2 Å². The van der Waals surface area contributed by atoms with Crippen molar-refractivity contribution in [3.05, 3.63) is 116 Å². The Kier molecular flexibility index (Phi) is 10.8. The van der Waals surface area contributed by atoms with E-state index in [0.29, 0.717) is 50.4 Å². The van der Waals surface area contributed by atoms with Crippen molar-refractivity contribution < 1.29 is 19.7 Å². The molecule has 4 nitrogen and oxygen atoms in total. The topological polar surface area (TPSA) is 58.9 Å². The van der Waals surface area contributed by atoms with Gasteiger partial charge in [-0.05, 0) is 79.3 Å². The summed E-state index contributed by atoms with van der Waals surface area (Å²) in [7, 11) is 0. The van der Waals surface area contributed by atoms with Crippen LogP contribution in [0.1, 0.15) is 137 Å². The fraction of sp³-hybridized carbons (Fsp3) is 0.455. The van der Waals surface area contributed by atoms with Gasteiger partial charge in [0.2, 0.25) is 0 Å². The van der Waals surface area contributed by atoms with Gasteiger partial charge >= 0.3 is 0 Å². The molecule has 256 valence electrons. The molecule has 0 spiro atoms. The van der Waals surface area contributed by atoms with E-state index in [0.717, 1.165) is 81.7 Å². The van der Waals surface area contributed by atoms with Crippen molar-refractivity contribution in [2.45, 2.75) is 118 Å². The Labute approximate surface area is 289 Å². The molecule has 0 aliphatic heterocycles. The number of benzene rings is 4. The molecule has 0 fully saturated rings. The zero-order chi connectivity index (χ0) is 34.6. The van der Waals surface area contributed by atoms with Crippen molar-refractivity contribution in [1.29, 1.82) is 0 Å². The molecule has 0 unspecified atom stereocenters. The lowest BCUT2D eigenvalue weighted by molar-refractivity contribution is 0.303. The van der Waals surface area contributed by atoms with E-state index in [-0.39, 0.29) is 10.8 Å². The third-order valence-corrected chi connectivity index (χ3v) is 9.64. The number of ether oxygens (including phenoxy) is 2. The lowest BCUT2D eigenvalue weighted by Crippen LogP contribution is -2.15. The second-order valence-corrected chi connectivity index (χ2v) is 15.7. The van der Waals surface area contributed by atoms with Gasteiger partial charge in [-0.3, -0.25) is 0 Å². The number of aromatic hydroxyl groups is 2. The first kappa shape index (κ1) is 35.4. The van der Waals surface area contributed by atoms with Crippen LogP contribution in [0.5, 0.6) is 23.0 Å². The summed E-state index contributed by atoms with van der Waals surface area (Å²) in [5, 5.41) is 23.9. The molecule has 2 N–H and O–H groups in total. The highest BCUT2D eigenvalue weighted by Gasteiger charge is 2.25. The summed E-state index contributed by atoms with van der Waals surface area (Å²) in [6.07, 6.45) is 6.15. The number of phenolic OH excluding ortho intramolecular Hbond substituents is 2. The van der Waals surface area contributed by atoms with E-state index < -0.39 is 0 Å². The van der Waals surface area contributed by atoms with E-state index >= 15 is 0 Å². The van der Waals surface area contributed by atoms with Crippen LogP contribution in [0.25, 0.3) is 0 Å². The van der Waals surface area contributed by atoms with E-state index in [1.807, 2.05) is 12.1 Å². The molecule has 4 heteroatoms. The van der Waals surface area contributed by atoms with Crippen LogP contribution >= 0.6 is 0 Å². The Morgan fingerprint density at radius 3 is 1.27 bits per heavy atom. The zero-order valence-electron chi connectivity index (χ0n) is 30.6. The average molecular weight is 649 g/mol. The number of para-hydroxylation sites is 2. The molecule has 0 aromatic heterocycles. The highest BCUT2D eigenvalue weighted by atomic mass is 16.5. The van der Waals surface area contributed by atoms with Crippen LogP contribution in [0, 0.1) is 0 Å². The molecule has 1 aliphatic rings. The number of fused-ring (bicyclic) bond motifs is 8. The maximum Gasteiger partial charge on any atom is 0.126 e. The predicted molar refractivity (Wildman–Crippen MR) is 199 cm³/mol. The van der Waals surface area contributed by atoms with Crippen molar-refractivity contribution in [2.24, 2.45) is 0 Å². The monoisotopic (exact) mass is 648 g/mol. The first-order valence-corrected chi connectivity index (χ1v) is 18.0. The Morgan fingerprint density at radius 2 is 0.833 bits per heavy atom. The summed E-state index contributed by atoms with van der Waals surface area (Å²) in [5.74, 6) is 2.39. The molecule has 4 aromatic rings. The van der Waals surface area contributed by atoms with Crippen LogP contribution in [0.15, 0.2) is 60.7 Å². The highest BCUT2D eigenvalue weighted by molar-refractivity contribution is 5.57. The molecule has 0 atom stereocenters. The van der Waals surface area contributed by atoms with Crippen molar-refractivity contribution in [2.75, 3.05) is 13.2 Å². The van der Waals surface area contributed by atoms with Crippen LogP contribution in [0.4, 0.5) is 0 Å². The standard InChI is InChI=1S/C44H56O4/c1-9-11-19-47-41-31-17-14-18-32(41)23-33-25-37(43(3,4)5)26-34(40(33)46)24-36-28-38(44(6,7)8)27-35(42(36)48-20-12-10-2)22-30-16-13-15-29(21-31)39(30)45/h13-18,25-28,45-46H,9-12,19-24H2,1-8H3. The molecular weight excluding hydrogens is 592 g/mol. The maximum absolute atomic E-state index is 12.1. The SMILES string of the molecule is CCCCOc1c2cccc1Cc1cc(C(C)(C)C)cc(c1O)Cc1cc(C(C)(C)C)cc(c1OCCCC)Cc1cccc(c1O)C2. The number of rotatable bonds is 8. The normalized spacial score (nSPS) is 13.3. The van der Waals surface area contributed by atoms with E-state index in [1.165, 1.54) is 11.1 Å². The second-order valence-electron chi connectivity index (χ2n) is 15.7. The number of hydrogen-bond acceptors (Lipinski definition) is 4. The van der Waals surface area contributed by atoms with Crippen LogP contribution in [0.3, 0.4) is 0 Å². The van der Waals surface area contributed by atoms with E-state index in [1.54, 1.807) is 0 Å². The fourth-order valence-corrected chi connectivity index (χ4v) is 6.59. The molecule has 8 bridgehead atoms. The number of unbranched alkanes of at least 4 members (excludes halogenated alkanes) is 2. The largest absolute Gasteiger partial charge is 0.507 e. The van der Waals surface area contributed by atoms with Gasteiger partial charge in [-0.15, -0.1) is 0 Å². The minimum atomic E-state index is -0.112. The predicted octanol–water partition coefficient (Wildman–Crippen LogP) is 10.7. The van der Waals surface area contributed by atoms with Crippen molar-refractivity contribution >= 4 is 0 Å². The minimum absolute atomic E-state index is 0.104. The highest BCUT2D eigenvalue weighted by Crippen LogP contribution is 2.41. The zero-order valence-corrected chi connectivity index (χ0v) is 30.6. The molecule has 5 rings (SSSR count). The molecule has 4 aromatic carbocycles. The van der Waals surface area contributed by atoms with E-state index in [9.17, 15) is 10.2 Å². The summed E-state index contributed by atoms with van der Waals surface area (Å²) in [4.78, 5) is 0. The van der Waals surface area contributed by atoms with Gasteiger partial charge in [-0.1, -0.05) is 129 Å². The number of hydrogen-bond donors (Lipinski definition) is 2. The first-order chi connectivity index (χ1) is 22.8. The van der Waals surface area contributed by atoms with Gasteiger partial charge in [0.15, 0.2) is 0 Å². The van der Waals surface area contributed by atoms with Gasteiger partial charge in [0, 0.05) is 25.7 Å². The van der Waals surface area contributed by atoms with Crippen LogP contribution in [0.2, 0.25) is 0 Å². The Hall–Kier alpha value is -3.92. The van der Waals surface area contributed by atoms with Gasteiger partial charge in [-0.2, -0.15) is 0 Å². The third kappa shape index (κ3) is 8.02. The Balaban J connectivity index is 1.80. The maximum atomic E-state index is 12.1. The van der Waals surface area contributed by atoms with Crippen molar-refractivity contribution in [3.63, 3.8) is 0 Å². The Bertz CT molecular complexity index is 1730. The molecule has 0 saturated carbocycles. The van der Waals surface area contributed by atoms with E-state index in [4.69, 9.17) is 9.47 Å². The smallest absolute Gasteiger partial charge is 0.126 e. The molecule has 1 aliphatic carbocycles. The third-order valence-electron chi connectivity index (χ3n) is 9.64. The molecule has 0 amide bonds. The fourth-order valence-electron chi connectivity index (χ4n) is 6.59. The van der Waals surface area contributed by atoms with Crippen molar-refractivity contribution in [3.8, 4) is 23.0 Å². The van der Waals surface area contributed by atoms with E-state index in [2.05, 4.69) is 104 Å². The Morgan fingerprint density at radius 1 is 0.500 bits per heavy atom.